The Morgan fingerprint density at radius 2 is 1.02 bits per heavy atom. The van der Waals surface area contributed by atoms with E-state index in [0.717, 1.165) is 51.4 Å². The van der Waals surface area contributed by atoms with Crippen LogP contribution in [0.2, 0.25) is 0 Å². The quantitative estimate of drug-likeness (QED) is 0.0345. The van der Waals surface area contributed by atoms with Gasteiger partial charge in [-0.2, -0.15) is 0 Å². The summed E-state index contributed by atoms with van der Waals surface area (Å²) in [5.41, 5.74) is 0. The largest absolute Gasteiger partial charge is 0.462 e. The number of allylic oxidation sites excluding steroid dienone is 2. The van der Waals surface area contributed by atoms with Crippen LogP contribution < -0.4 is 5.32 Å². The van der Waals surface area contributed by atoms with Gasteiger partial charge in [0.15, 0.2) is 0 Å². The van der Waals surface area contributed by atoms with Gasteiger partial charge in [0.25, 0.3) is 0 Å². The van der Waals surface area contributed by atoms with Gasteiger partial charge < -0.3 is 20.3 Å². The van der Waals surface area contributed by atoms with Crippen molar-refractivity contribution >= 4 is 11.9 Å². The summed E-state index contributed by atoms with van der Waals surface area (Å²) in [6.07, 6.45) is 37.0. The van der Waals surface area contributed by atoms with Crippen molar-refractivity contribution in [3.05, 3.63) is 12.2 Å². The molecule has 0 rings (SSSR count). The van der Waals surface area contributed by atoms with Gasteiger partial charge in [-0.05, 0) is 44.9 Å². The fraction of sp³-hybridized carbons (Fsp3) is 0.905. The van der Waals surface area contributed by atoms with Gasteiger partial charge in [0, 0.05) is 6.42 Å². The summed E-state index contributed by atoms with van der Waals surface area (Å²) in [5, 5.41) is 23.5. The summed E-state index contributed by atoms with van der Waals surface area (Å²) in [7, 11) is 0. The second-order valence-corrected chi connectivity index (χ2v) is 14.4. The van der Waals surface area contributed by atoms with E-state index < -0.39 is 18.2 Å². The molecule has 6 heteroatoms. The van der Waals surface area contributed by atoms with E-state index in [9.17, 15) is 19.8 Å². The minimum Gasteiger partial charge on any atom is -0.462 e. The third-order valence-electron chi connectivity index (χ3n) is 9.59. The number of carbonyl (C=O) groups is 2. The van der Waals surface area contributed by atoms with Gasteiger partial charge >= 0.3 is 5.97 Å². The van der Waals surface area contributed by atoms with Gasteiger partial charge in [0.1, 0.15) is 6.10 Å². The number of aliphatic hydroxyl groups is 2. The Balaban J connectivity index is 4.54. The highest BCUT2D eigenvalue weighted by Gasteiger charge is 2.24. The van der Waals surface area contributed by atoms with E-state index in [1.54, 1.807) is 0 Å². The average Bonchev–Trinajstić information content (AvgIpc) is 3.07. The number of unbranched alkanes of at least 4 members (excludes halogenated alkanes) is 23. The summed E-state index contributed by atoms with van der Waals surface area (Å²) in [4.78, 5) is 25.8. The topological polar surface area (TPSA) is 95.9 Å². The lowest BCUT2D eigenvalue weighted by molar-refractivity contribution is -0.151. The number of esters is 1. The van der Waals surface area contributed by atoms with Crippen LogP contribution >= 0.6 is 0 Å². The first-order chi connectivity index (χ1) is 23.5. The zero-order valence-corrected chi connectivity index (χ0v) is 32.1. The summed E-state index contributed by atoms with van der Waals surface area (Å²) >= 11 is 0. The number of nitrogens with one attached hydrogen (secondary N) is 1. The fourth-order valence-electron chi connectivity index (χ4n) is 6.35. The molecule has 1 amide bonds. The van der Waals surface area contributed by atoms with E-state index in [2.05, 4.69) is 38.2 Å². The molecule has 0 heterocycles. The van der Waals surface area contributed by atoms with Crippen molar-refractivity contribution in [2.24, 2.45) is 0 Å². The van der Waals surface area contributed by atoms with Gasteiger partial charge in [-0.15, -0.1) is 0 Å². The van der Waals surface area contributed by atoms with Crippen molar-refractivity contribution in [3.8, 4) is 0 Å². The van der Waals surface area contributed by atoms with Crippen molar-refractivity contribution in [2.45, 2.75) is 238 Å². The molecule has 48 heavy (non-hydrogen) atoms. The summed E-state index contributed by atoms with van der Waals surface area (Å²) < 4.78 is 5.85. The molecule has 284 valence electrons. The Kier molecular flexibility index (Phi) is 35.8. The highest BCUT2D eigenvalue weighted by Crippen LogP contribution is 2.17. The number of hydrogen-bond donors (Lipinski definition) is 3. The Morgan fingerprint density at radius 1 is 0.583 bits per heavy atom. The van der Waals surface area contributed by atoms with Crippen LogP contribution in [0.5, 0.6) is 0 Å². The molecule has 0 spiro atoms. The van der Waals surface area contributed by atoms with Gasteiger partial charge in [0.2, 0.25) is 5.91 Å². The molecule has 0 aromatic carbocycles. The van der Waals surface area contributed by atoms with E-state index in [1.165, 1.54) is 122 Å². The van der Waals surface area contributed by atoms with E-state index >= 15 is 0 Å². The molecule has 0 aromatic heterocycles. The van der Waals surface area contributed by atoms with Gasteiger partial charge in [-0.1, -0.05) is 174 Å². The molecule has 0 radical (unpaired) electrons. The number of aliphatic hydroxyl groups excluding tert-OH is 2. The van der Waals surface area contributed by atoms with Crippen molar-refractivity contribution in [1.82, 2.24) is 5.32 Å². The zero-order valence-electron chi connectivity index (χ0n) is 32.1. The molecule has 6 nitrogen and oxygen atoms in total. The van der Waals surface area contributed by atoms with E-state index in [4.69, 9.17) is 4.74 Å². The first-order valence-corrected chi connectivity index (χ1v) is 20.9. The Morgan fingerprint density at radius 3 is 1.54 bits per heavy atom. The summed E-state index contributed by atoms with van der Waals surface area (Å²) in [6.45, 7) is 6.39. The minimum atomic E-state index is -0.779. The highest BCUT2D eigenvalue weighted by molar-refractivity contribution is 5.77. The average molecular weight is 680 g/mol. The number of rotatable bonds is 37. The van der Waals surface area contributed by atoms with Crippen molar-refractivity contribution in [1.29, 1.82) is 0 Å². The number of ether oxygens (including phenoxy) is 1. The van der Waals surface area contributed by atoms with Crippen LogP contribution in [0.3, 0.4) is 0 Å². The molecule has 0 fully saturated rings. The van der Waals surface area contributed by atoms with Crippen LogP contribution in [-0.2, 0) is 14.3 Å². The first-order valence-electron chi connectivity index (χ1n) is 20.9. The third kappa shape index (κ3) is 31.8. The standard InChI is InChI=1S/C42H81NO5/c1-4-7-10-13-16-19-21-23-26-29-32-35-42(47)48-38(33-30-27-24-18-15-12-9-6-3)36-41(46)43-39(37-44)40(45)34-31-28-25-22-20-17-14-11-8-5-2/h13,16,38-40,44-45H,4-12,14-15,17-37H2,1-3H3,(H,43,46)/b16-13-. The van der Waals surface area contributed by atoms with Crippen LogP contribution in [0, 0.1) is 0 Å². The maximum Gasteiger partial charge on any atom is 0.306 e. The van der Waals surface area contributed by atoms with E-state index in [1.807, 2.05) is 0 Å². The number of amides is 1. The molecule has 3 atom stereocenters. The van der Waals surface area contributed by atoms with Gasteiger partial charge in [0.05, 0.1) is 25.2 Å². The summed E-state index contributed by atoms with van der Waals surface area (Å²) in [6, 6.07) is -0.692. The molecular weight excluding hydrogens is 598 g/mol. The normalized spacial score (nSPS) is 13.5. The molecule has 0 saturated carbocycles. The predicted molar refractivity (Wildman–Crippen MR) is 204 cm³/mol. The monoisotopic (exact) mass is 680 g/mol. The summed E-state index contributed by atoms with van der Waals surface area (Å²) in [5.74, 6) is -0.483. The molecular formula is C42H81NO5. The maximum atomic E-state index is 13.0. The maximum absolute atomic E-state index is 13.0. The van der Waals surface area contributed by atoms with Crippen LogP contribution in [0.4, 0.5) is 0 Å². The molecule has 0 aromatic rings. The van der Waals surface area contributed by atoms with Crippen molar-refractivity contribution in [3.63, 3.8) is 0 Å². The fourth-order valence-corrected chi connectivity index (χ4v) is 6.35. The SMILES string of the molecule is CCCC/C=C\CCCCCCCC(=O)OC(CCCCCCCCCC)CC(=O)NC(CO)C(O)CCCCCCCCCCCC. The van der Waals surface area contributed by atoms with Crippen molar-refractivity contribution < 1.29 is 24.5 Å². The molecule has 0 saturated heterocycles. The third-order valence-corrected chi connectivity index (χ3v) is 9.59. The van der Waals surface area contributed by atoms with Crippen LogP contribution in [0.15, 0.2) is 12.2 Å². The van der Waals surface area contributed by atoms with Crippen LogP contribution in [0.1, 0.15) is 220 Å². The van der Waals surface area contributed by atoms with E-state index in [-0.39, 0.29) is 24.9 Å². The van der Waals surface area contributed by atoms with Gasteiger partial charge in [-0.25, -0.2) is 0 Å². The molecule has 0 aliphatic carbocycles. The second-order valence-electron chi connectivity index (χ2n) is 14.4. The first kappa shape index (κ1) is 46.6. The Hall–Kier alpha value is -1.40. The smallest absolute Gasteiger partial charge is 0.306 e. The van der Waals surface area contributed by atoms with Crippen LogP contribution in [0.25, 0.3) is 0 Å². The Labute approximate surface area is 298 Å². The molecule has 0 aliphatic heterocycles. The second kappa shape index (κ2) is 36.9. The zero-order chi connectivity index (χ0) is 35.3. The number of carbonyl (C=O) groups excluding carboxylic acids is 2. The Bertz CT molecular complexity index is 727. The molecule has 3 unspecified atom stereocenters. The highest BCUT2D eigenvalue weighted by atomic mass is 16.5. The van der Waals surface area contributed by atoms with Crippen LogP contribution in [-0.4, -0.2) is 46.9 Å². The lowest BCUT2D eigenvalue weighted by Gasteiger charge is -2.24. The molecule has 0 aliphatic rings. The molecule has 3 N–H and O–H groups in total. The lowest BCUT2D eigenvalue weighted by Crippen LogP contribution is -2.46. The van der Waals surface area contributed by atoms with E-state index in [0.29, 0.717) is 19.3 Å². The minimum absolute atomic E-state index is 0.0789. The number of hydrogen-bond acceptors (Lipinski definition) is 5. The lowest BCUT2D eigenvalue weighted by atomic mass is 10.0. The van der Waals surface area contributed by atoms with Gasteiger partial charge in [-0.3, -0.25) is 9.59 Å². The van der Waals surface area contributed by atoms with Crippen molar-refractivity contribution in [2.75, 3.05) is 6.61 Å². The predicted octanol–water partition coefficient (Wildman–Crippen LogP) is 11.4. The molecule has 0 bridgehead atoms.